The molecule has 0 bridgehead atoms. The molecule has 0 saturated heterocycles. The molecule has 0 aliphatic carbocycles. The van der Waals surface area contributed by atoms with E-state index in [-0.39, 0.29) is 5.60 Å². The molecule has 0 saturated carbocycles. The lowest BCUT2D eigenvalue weighted by atomic mass is 10.1. The van der Waals surface area contributed by atoms with Gasteiger partial charge in [0.25, 0.3) is 0 Å². The van der Waals surface area contributed by atoms with Crippen LogP contribution in [0, 0.1) is 13.8 Å². The molecule has 1 rings (SSSR count). The molecule has 0 spiro atoms. The molecule has 2 nitrogen and oxygen atoms in total. The van der Waals surface area contributed by atoms with Gasteiger partial charge in [-0.25, -0.2) is 0 Å². The Kier molecular flexibility index (Phi) is 3.63. The van der Waals surface area contributed by atoms with E-state index in [9.17, 15) is 0 Å². The van der Waals surface area contributed by atoms with Crippen molar-refractivity contribution in [2.75, 3.05) is 6.54 Å². The van der Waals surface area contributed by atoms with Gasteiger partial charge in [0.05, 0.1) is 0 Å². The van der Waals surface area contributed by atoms with Gasteiger partial charge in [-0.05, 0) is 51.0 Å². The molecule has 3 heteroatoms. The number of aryl methyl sites for hydroxylation is 2. The summed E-state index contributed by atoms with van der Waals surface area (Å²) in [5.74, 6) is 0.884. The maximum Gasteiger partial charge on any atom is 0.126 e. The molecule has 0 heterocycles. The van der Waals surface area contributed by atoms with Crippen LogP contribution in [0.1, 0.15) is 25.0 Å². The predicted molar refractivity (Wildman–Crippen MR) is 64.7 cm³/mol. The maximum absolute atomic E-state index is 5.95. The van der Waals surface area contributed by atoms with Gasteiger partial charge in [0.2, 0.25) is 0 Å². The molecule has 1 aromatic rings. The average molecular weight is 228 g/mol. The minimum absolute atomic E-state index is 0.344. The lowest BCUT2D eigenvalue weighted by Gasteiger charge is -2.27. The van der Waals surface area contributed by atoms with E-state index in [2.05, 4.69) is 0 Å². The highest BCUT2D eigenvalue weighted by Gasteiger charge is 2.19. The molecule has 0 aromatic heterocycles. The van der Waals surface area contributed by atoms with Crippen LogP contribution in [0.25, 0.3) is 0 Å². The van der Waals surface area contributed by atoms with Crippen LogP contribution in [-0.4, -0.2) is 12.1 Å². The first-order valence-corrected chi connectivity index (χ1v) is 5.39. The van der Waals surface area contributed by atoms with Gasteiger partial charge in [-0.15, -0.1) is 0 Å². The molecule has 15 heavy (non-hydrogen) atoms. The average Bonchev–Trinajstić information content (AvgIpc) is 2.11. The van der Waals surface area contributed by atoms with E-state index in [1.165, 1.54) is 0 Å². The summed E-state index contributed by atoms with van der Waals surface area (Å²) in [4.78, 5) is 0. The van der Waals surface area contributed by atoms with Crippen molar-refractivity contribution in [2.24, 2.45) is 5.73 Å². The van der Waals surface area contributed by atoms with Crippen LogP contribution in [0.15, 0.2) is 12.1 Å². The molecule has 0 radical (unpaired) electrons. The van der Waals surface area contributed by atoms with Gasteiger partial charge in [-0.3, -0.25) is 0 Å². The second-order valence-electron chi connectivity index (χ2n) is 4.43. The second-order valence-corrected chi connectivity index (χ2v) is 4.87. The Hall–Kier alpha value is -0.730. The topological polar surface area (TPSA) is 35.2 Å². The summed E-state index contributed by atoms with van der Waals surface area (Å²) in [6.45, 7) is 8.40. The first kappa shape index (κ1) is 12.3. The summed E-state index contributed by atoms with van der Waals surface area (Å²) in [5.41, 5.74) is 7.38. The van der Waals surface area contributed by atoms with E-state index in [0.29, 0.717) is 6.54 Å². The van der Waals surface area contributed by atoms with E-state index >= 15 is 0 Å². The van der Waals surface area contributed by atoms with Crippen LogP contribution in [-0.2, 0) is 0 Å². The summed E-state index contributed by atoms with van der Waals surface area (Å²) in [7, 11) is 0. The number of nitrogens with two attached hydrogens (primary N) is 1. The van der Waals surface area contributed by atoms with Gasteiger partial charge in [0, 0.05) is 11.6 Å². The predicted octanol–water partition coefficient (Wildman–Crippen LogP) is 3.07. The normalized spacial score (nSPS) is 11.6. The van der Waals surface area contributed by atoms with E-state index < -0.39 is 0 Å². The van der Waals surface area contributed by atoms with Crippen molar-refractivity contribution >= 4 is 11.6 Å². The van der Waals surface area contributed by atoms with Crippen LogP contribution < -0.4 is 10.5 Å². The minimum atomic E-state index is -0.344. The number of ether oxygens (including phenoxy) is 1. The van der Waals surface area contributed by atoms with E-state index in [1.54, 1.807) is 0 Å². The molecule has 0 atom stereocenters. The van der Waals surface area contributed by atoms with E-state index in [1.807, 2.05) is 39.8 Å². The summed E-state index contributed by atoms with van der Waals surface area (Å²) in [5, 5.41) is 0.739. The van der Waals surface area contributed by atoms with Crippen LogP contribution in [0.3, 0.4) is 0 Å². The Morgan fingerprint density at radius 3 is 2.13 bits per heavy atom. The number of halogens is 1. The number of rotatable bonds is 3. The highest BCUT2D eigenvalue weighted by Crippen LogP contribution is 2.29. The molecular formula is C12H18ClNO. The molecule has 0 aliphatic rings. The van der Waals surface area contributed by atoms with Crippen molar-refractivity contribution in [3.8, 4) is 5.75 Å². The van der Waals surface area contributed by atoms with Crippen molar-refractivity contribution in [3.05, 3.63) is 28.3 Å². The molecule has 0 fully saturated rings. The zero-order valence-corrected chi connectivity index (χ0v) is 10.5. The van der Waals surface area contributed by atoms with Gasteiger partial charge in [0.1, 0.15) is 11.4 Å². The first-order valence-electron chi connectivity index (χ1n) is 5.01. The Bertz CT molecular complexity index is 338. The summed E-state index contributed by atoms with van der Waals surface area (Å²) in [6, 6.07) is 3.80. The zero-order valence-electron chi connectivity index (χ0n) is 9.73. The van der Waals surface area contributed by atoms with Crippen LogP contribution >= 0.6 is 11.6 Å². The van der Waals surface area contributed by atoms with E-state index in [0.717, 1.165) is 21.9 Å². The SMILES string of the molecule is Cc1cc(Cl)cc(C)c1OC(C)(C)CN. The smallest absolute Gasteiger partial charge is 0.126 e. The Morgan fingerprint density at radius 2 is 1.73 bits per heavy atom. The van der Waals surface area contributed by atoms with Crippen LogP contribution in [0.2, 0.25) is 5.02 Å². The molecule has 84 valence electrons. The standard InChI is InChI=1S/C12H18ClNO/c1-8-5-10(13)6-9(2)11(8)15-12(3,4)7-14/h5-6H,7,14H2,1-4H3. The quantitative estimate of drug-likeness (QED) is 0.862. The van der Waals surface area contributed by atoms with Crippen LogP contribution in [0.4, 0.5) is 0 Å². The van der Waals surface area contributed by atoms with Gasteiger partial charge in [-0.2, -0.15) is 0 Å². The Morgan fingerprint density at radius 1 is 1.27 bits per heavy atom. The molecular weight excluding hydrogens is 210 g/mol. The molecule has 0 amide bonds. The van der Waals surface area contributed by atoms with E-state index in [4.69, 9.17) is 22.1 Å². The van der Waals surface area contributed by atoms with Gasteiger partial charge < -0.3 is 10.5 Å². The summed E-state index contributed by atoms with van der Waals surface area (Å²) in [6.07, 6.45) is 0. The molecule has 2 N–H and O–H groups in total. The van der Waals surface area contributed by atoms with Crippen molar-refractivity contribution in [1.29, 1.82) is 0 Å². The lowest BCUT2D eigenvalue weighted by Crippen LogP contribution is -2.37. The largest absolute Gasteiger partial charge is 0.486 e. The van der Waals surface area contributed by atoms with Gasteiger partial charge in [-0.1, -0.05) is 11.6 Å². The fourth-order valence-corrected chi connectivity index (χ4v) is 1.70. The third-order valence-corrected chi connectivity index (χ3v) is 2.51. The van der Waals surface area contributed by atoms with Crippen LogP contribution in [0.5, 0.6) is 5.75 Å². The van der Waals surface area contributed by atoms with Crippen molar-refractivity contribution in [2.45, 2.75) is 33.3 Å². The minimum Gasteiger partial charge on any atom is -0.486 e. The van der Waals surface area contributed by atoms with Crippen molar-refractivity contribution in [1.82, 2.24) is 0 Å². The molecule has 1 aromatic carbocycles. The Labute approximate surface area is 96.4 Å². The number of hydrogen-bond donors (Lipinski definition) is 1. The first-order chi connectivity index (χ1) is 6.85. The monoisotopic (exact) mass is 227 g/mol. The maximum atomic E-state index is 5.95. The zero-order chi connectivity index (χ0) is 11.6. The van der Waals surface area contributed by atoms with Gasteiger partial charge in [0.15, 0.2) is 0 Å². The fraction of sp³-hybridized carbons (Fsp3) is 0.500. The third kappa shape index (κ3) is 3.11. The van der Waals surface area contributed by atoms with Crippen molar-refractivity contribution in [3.63, 3.8) is 0 Å². The number of hydrogen-bond acceptors (Lipinski definition) is 2. The molecule has 0 unspecified atom stereocenters. The summed E-state index contributed by atoms with van der Waals surface area (Å²) >= 11 is 5.95. The summed E-state index contributed by atoms with van der Waals surface area (Å²) < 4.78 is 5.88. The fourth-order valence-electron chi connectivity index (χ4n) is 1.38. The lowest BCUT2D eigenvalue weighted by molar-refractivity contribution is 0.117. The highest BCUT2D eigenvalue weighted by molar-refractivity contribution is 6.30. The molecule has 0 aliphatic heterocycles. The third-order valence-electron chi connectivity index (χ3n) is 2.30. The Balaban J connectivity index is 3.05. The highest BCUT2D eigenvalue weighted by atomic mass is 35.5. The van der Waals surface area contributed by atoms with Crippen molar-refractivity contribution < 1.29 is 4.74 Å². The second kappa shape index (κ2) is 4.42. The number of benzene rings is 1. The van der Waals surface area contributed by atoms with Gasteiger partial charge >= 0.3 is 0 Å².